The van der Waals surface area contributed by atoms with Crippen molar-refractivity contribution in [2.24, 2.45) is 7.05 Å². The van der Waals surface area contributed by atoms with Crippen molar-refractivity contribution >= 4 is 27.1 Å². The predicted octanol–water partition coefficient (Wildman–Crippen LogP) is 0.658. The fourth-order valence-corrected chi connectivity index (χ4v) is 2.34. The smallest absolute Gasteiger partial charge is 0.278 e. The van der Waals surface area contributed by atoms with Crippen LogP contribution in [0.15, 0.2) is 35.4 Å². The number of rotatable bonds is 3. The van der Waals surface area contributed by atoms with Gasteiger partial charge in [0.25, 0.3) is 5.91 Å². The number of sulfone groups is 1. The van der Waals surface area contributed by atoms with Gasteiger partial charge in [0.05, 0.1) is 10.6 Å². The number of nitrogens with one attached hydrogen (secondary N) is 1. The molecule has 0 bridgehead atoms. The maximum absolute atomic E-state index is 12.0. The maximum Gasteiger partial charge on any atom is 0.278 e. The van der Waals surface area contributed by atoms with Gasteiger partial charge >= 0.3 is 0 Å². The minimum Gasteiger partial charge on any atom is -0.396 e. The van der Waals surface area contributed by atoms with Crippen LogP contribution in [0.2, 0.25) is 0 Å². The molecule has 2 rings (SSSR count). The fraction of sp³-hybridized carbons (Fsp3) is 0.167. The van der Waals surface area contributed by atoms with E-state index in [4.69, 9.17) is 5.73 Å². The van der Waals surface area contributed by atoms with Crippen LogP contribution in [0.3, 0.4) is 0 Å². The van der Waals surface area contributed by atoms with Gasteiger partial charge in [-0.1, -0.05) is 6.07 Å². The molecule has 0 aliphatic rings. The molecule has 0 saturated carbocycles. The van der Waals surface area contributed by atoms with Crippen LogP contribution in [0.5, 0.6) is 0 Å². The number of nitrogens with zero attached hydrogens (tertiary/aromatic N) is 2. The molecule has 1 amide bonds. The number of aryl methyl sites for hydroxylation is 1. The van der Waals surface area contributed by atoms with E-state index in [9.17, 15) is 13.2 Å². The molecule has 0 radical (unpaired) electrons. The van der Waals surface area contributed by atoms with Crippen LogP contribution < -0.4 is 11.1 Å². The molecular formula is C12H14N4O3S. The van der Waals surface area contributed by atoms with Crippen molar-refractivity contribution in [3.05, 3.63) is 36.2 Å². The average molecular weight is 294 g/mol. The zero-order valence-electron chi connectivity index (χ0n) is 11.0. The number of amides is 1. The van der Waals surface area contributed by atoms with Crippen molar-refractivity contribution in [2.75, 3.05) is 17.3 Å². The minimum absolute atomic E-state index is 0.0947. The van der Waals surface area contributed by atoms with Crippen LogP contribution in [-0.4, -0.2) is 30.4 Å². The number of hydrogen-bond donors (Lipinski definition) is 2. The molecule has 0 aliphatic heterocycles. The Bertz CT molecular complexity index is 765. The number of benzene rings is 1. The van der Waals surface area contributed by atoms with Crippen LogP contribution in [0, 0.1) is 0 Å². The average Bonchev–Trinajstić information content (AvgIpc) is 2.68. The number of hydrogen-bond acceptors (Lipinski definition) is 5. The molecule has 106 valence electrons. The van der Waals surface area contributed by atoms with Gasteiger partial charge in [0, 0.05) is 25.2 Å². The van der Waals surface area contributed by atoms with Crippen molar-refractivity contribution in [2.45, 2.75) is 4.90 Å². The lowest BCUT2D eigenvalue weighted by Gasteiger charge is -2.05. The first-order valence-electron chi connectivity index (χ1n) is 5.68. The van der Waals surface area contributed by atoms with Gasteiger partial charge in [-0.2, -0.15) is 5.10 Å². The van der Waals surface area contributed by atoms with E-state index in [1.165, 1.54) is 23.0 Å². The molecule has 7 nitrogen and oxygen atoms in total. The van der Waals surface area contributed by atoms with E-state index in [-0.39, 0.29) is 16.3 Å². The van der Waals surface area contributed by atoms with Gasteiger partial charge in [-0.25, -0.2) is 8.42 Å². The summed E-state index contributed by atoms with van der Waals surface area (Å²) in [6.45, 7) is 0. The van der Waals surface area contributed by atoms with Gasteiger partial charge in [-0.05, 0) is 18.2 Å². The Balaban J connectivity index is 2.27. The summed E-state index contributed by atoms with van der Waals surface area (Å²) >= 11 is 0. The first-order chi connectivity index (χ1) is 9.27. The third-order valence-electron chi connectivity index (χ3n) is 2.59. The van der Waals surface area contributed by atoms with E-state index in [1.54, 1.807) is 19.2 Å². The second-order valence-corrected chi connectivity index (χ2v) is 6.38. The highest BCUT2D eigenvalue weighted by atomic mass is 32.2. The lowest BCUT2D eigenvalue weighted by Crippen LogP contribution is -2.15. The second kappa shape index (κ2) is 4.97. The predicted molar refractivity (Wildman–Crippen MR) is 75.1 cm³/mol. The summed E-state index contributed by atoms with van der Waals surface area (Å²) in [4.78, 5) is 12.1. The Hall–Kier alpha value is -2.35. The van der Waals surface area contributed by atoms with Crippen molar-refractivity contribution in [3.8, 4) is 0 Å². The highest BCUT2D eigenvalue weighted by Crippen LogP contribution is 2.17. The van der Waals surface area contributed by atoms with Crippen molar-refractivity contribution in [1.29, 1.82) is 0 Å². The fourth-order valence-electron chi connectivity index (χ4n) is 1.68. The van der Waals surface area contributed by atoms with Crippen LogP contribution in [0.4, 0.5) is 11.4 Å². The number of aromatic nitrogens is 2. The van der Waals surface area contributed by atoms with Crippen molar-refractivity contribution in [1.82, 2.24) is 9.78 Å². The molecule has 8 heteroatoms. The molecular weight excluding hydrogens is 280 g/mol. The summed E-state index contributed by atoms with van der Waals surface area (Å²) in [7, 11) is -1.68. The quantitative estimate of drug-likeness (QED) is 0.864. The maximum atomic E-state index is 12.0. The number of nitrogen functional groups attached to an aromatic ring is 1. The standard InChI is InChI=1S/C12H14N4O3S/c1-16-7-10(13)11(15-16)12(17)14-8-4-3-5-9(6-8)20(2,18)19/h3-7H,13H2,1-2H3,(H,14,17). The van der Waals surface area contributed by atoms with Crippen molar-refractivity contribution in [3.63, 3.8) is 0 Å². The molecule has 1 heterocycles. The number of anilines is 2. The van der Waals surface area contributed by atoms with Crippen LogP contribution in [0.25, 0.3) is 0 Å². The highest BCUT2D eigenvalue weighted by molar-refractivity contribution is 7.90. The summed E-state index contributed by atoms with van der Waals surface area (Å²) in [5.74, 6) is -0.492. The largest absolute Gasteiger partial charge is 0.396 e. The van der Waals surface area contributed by atoms with Gasteiger partial charge in [-0.3, -0.25) is 9.48 Å². The normalized spacial score (nSPS) is 11.3. The molecule has 3 N–H and O–H groups in total. The Morgan fingerprint density at radius 2 is 2.10 bits per heavy atom. The van der Waals surface area contributed by atoms with E-state index in [2.05, 4.69) is 10.4 Å². The Morgan fingerprint density at radius 3 is 2.65 bits per heavy atom. The number of carbonyl (C=O) groups is 1. The Kier molecular flexibility index (Phi) is 3.49. The Morgan fingerprint density at radius 1 is 1.40 bits per heavy atom. The molecule has 1 aromatic carbocycles. The first kappa shape index (κ1) is 14.1. The van der Waals surface area contributed by atoms with Gasteiger partial charge in [0.15, 0.2) is 15.5 Å². The molecule has 2 aromatic rings. The Labute approximate surface area is 116 Å². The van der Waals surface area contributed by atoms with Gasteiger partial charge in [0.1, 0.15) is 0 Å². The first-order valence-corrected chi connectivity index (χ1v) is 7.57. The van der Waals surface area contributed by atoms with E-state index < -0.39 is 15.7 Å². The summed E-state index contributed by atoms with van der Waals surface area (Å²) < 4.78 is 24.3. The molecule has 1 aromatic heterocycles. The third-order valence-corrected chi connectivity index (χ3v) is 3.70. The van der Waals surface area contributed by atoms with E-state index >= 15 is 0 Å². The zero-order chi connectivity index (χ0) is 14.9. The molecule has 0 aliphatic carbocycles. The summed E-state index contributed by atoms with van der Waals surface area (Å²) in [6.07, 6.45) is 2.62. The molecule has 0 spiro atoms. The topological polar surface area (TPSA) is 107 Å². The molecule has 0 atom stereocenters. The molecule has 20 heavy (non-hydrogen) atoms. The third kappa shape index (κ3) is 2.97. The van der Waals surface area contributed by atoms with E-state index in [0.717, 1.165) is 6.26 Å². The van der Waals surface area contributed by atoms with Gasteiger partial charge in [0.2, 0.25) is 0 Å². The number of nitrogens with two attached hydrogens (primary N) is 1. The van der Waals surface area contributed by atoms with Crippen molar-refractivity contribution < 1.29 is 13.2 Å². The van der Waals surface area contributed by atoms with Gasteiger partial charge < -0.3 is 11.1 Å². The zero-order valence-corrected chi connectivity index (χ0v) is 11.8. The van der Waals surface area contributed by atoms with E-state index in [0.29, 0.717) is 5.69 Å². The SMILES string of the molecule is Cn1cc(N)c(C(=O)Nc2cccc(S(C)(=O)=O)c2)n1. The number of carbonyl (C=O) groups excluding carboxylic acids is 1. The summed E-state index contributed by atoms with van der Waals surface area (Å²) in [5.41, 5.74) is 6.37. The summed E-state index contributed by atoms with van der Waals surface area (Å²) in [5, 5.41) is 6.50. The highest BCUT2D eigenvalue weighted by Gasteiger charge is 2.15. The van der Waals surface area contributed by atoms with Gasteiger partial charge in [-0.15, -0.1) is 0 Å². The lowest BCUT2D eigenvalue weighted by atomic mass is 10.3. The van der Waals surface area contributed by atoms with Crippen LogP contribution >= 0.6 is 0 Å². The minimum atomic E-state index is -3.33. The van der Waals surface area contributed by atoms with Crippen LogP contribution in [-0.2, 0) is 16.9 Å². The molecule has 0 saturated heterocycles. The molecule has 0 unspecified atom stereocenters. The monoisotopic (exact) mass is 294 g/mol. The summed E-state index contributed by atoms with van der Waals surface area (Å²) in [6, 6.07) is 5.98. The second-order valence-electron chi connectivity index (χ2n) is 4.36. The lowest BCUT2D eigenvalue weighted by molar-refractivity contribution is 0.102. The molecule has 0 fully saturated rings. The van der Waals surface area contributed by atoms with Crippen LogP contribution in [0.1, 0.15) is 10.5 Å². The van der Waals surface area contributed by atoms with E-state index in [1.807, 2.05) is 0 Å².